The van der Waals surface area contributed by atoms with E-state index < -0.39 is 0 Å². The minimum Gasteiger partial charge on any atom is -0.338 e. The Hall–Kier alpha value is -1.20. The zero-order valence-electron chi connectivity index (χ0n) is 11.7. The standard InChI is InChI=1S/C15H18BrN3O/c1-3-15(6-7-17-9-15)14-18-13(19-20-14)11-5-4-10(2)12(16)8-11/h4-5,8,17H,3,6-7,9H2,1-2H3. The van der Waals surface area contributed by atoms with Crippen molar-refractivity contribution in [2.75, 3.05) is 13.1 Å². The number of aromatic nitrogens is 2. The Morgan fingerprint density at radius 3 is 2.95 bits per heavy atom. The van der Waals surface area contributed by atoms with E-state index in [0.29, 0.717) is 5.82 Å². The fourth-order valence-corrected chi connectivity index (χ4v) is 3.05. The smallest absolute Gasteiger partial charge is 0.234 e. The van der Waals surface area contributed by atoms with E-state index in [0.717, 1.165) is 41.9 Å². The second-order valence-electron chi connectivity index (χ2n) is 5.45. The van der Waals surface area contributed by atoms with Crippen LogP contribution in [0.15, 0.2) is 27.2 Å². The highest BCUT2D eigenvalue weighted by molar-refractivity contribution is 9.10. The summed E-state index contributed by atoms with van der Waals surface area (Å²) >= 11 is 3.54. The van der Waals surface area contributed by atoms with Crippen molar-refractivity contribution in [1.29, 1.82) is 0 Å². The van der Waals surface area contributed by atoms with E-state index in [1.807, 2.05) is 12.1 Å². The highest BCUT2D eigenvalue weighted by Crippen LogP contribution is 2.34. The van der Waals surface area contributed by atoms with Gasteiger partial charge < -0.3 is 9.84 Å². The summed E-state index contributed by atoms with van der Waals surface area (Å²) in [5, 5.41) is 7.55. The maximum Gasteiger partial charge on any atom is 0.234 e. The summed E-state index contributed by atoms with van der Waals surface area (Å²) in [5.74, 6) is 1.43. The Labute approximate surface area is 127 Å². The lowest BCUT2D eigenvalue weighted by Gasteiger charge is -2.20. The molecule has 0 aliphatic carbocycles. The molecule has 0 spiro atoms. The van der Waals surface area contributed by atoms with Gasteiger partial charge in [-0.15, -0.1) is 0 Å². The molecule has 20 heavy (non-hydrogen) atoms. The van der Waals surface area contributed by atoms with Gasteiger partial charge in [-0.25, -0.2) is 0 Å². The number of hydrogen-bond donors (Lipinski definition) is 1. The summed E-state index contributed by atoms with van der Waals surface area (Å²) in [7, 11) is 0. The van der Waals surface area contributed by atoms with E-state index >= 15 is 0 Å². The molecule has 1 saturated heterocycles. The molecule has 0 amide bonds. The van der Waals surface area contributed by atoms with Crippen LogP contribution in [0.4, 0.5) is 0 Å². The largest absolute Gasteiger partial charge is 0.338 e. The second kappa shape index (κ2) is 5.30. The normalized spacial score (nSPS) is 22.4. The summed E-state index contributed by atoms with van der Waals surface area (Å²) in [6.45, 7) is 6.18. The van der Waals surface area contributed by atoms with E-state index in [9.17, 15) is 0 Å². The molecule has 1 unspecified atom stereocenters. The van der Waals surface area contributed by atoms with Gasteiger partial charge in [-0.05, 0) is 37.9 Å². The minimum absolute atomic E-state index is 0.00712. The summed E-state index contributed by atoms with van der Waals surface area (Å²) < 4.78 is 6.61. The SMILES string of the molecule is CCC1(c2nc(-c3ccc(C)c(Br)c3)no2)CCNC1. The fourth-order valence-electron chi connectivity index (χ4n) is 2.67. The Morgan fingerprint density at radius 2 is 2.30 bits per heavy atom. The maximum atomic E-state index is 5.55. The van der Waals surface area contributed by atoms with Gasteiger partial charge in [-0.3, -0.25) is 0 Å². The van der Waals surface area contributed by atoms with Gasteiger partial charge in [-0.1, -0.05) is 40.1 Å². The van der Waals surface area contributed by atoms with Crippen molar-refractivity contribution in [3.05, 3.63) is 34.1 Å². The molecule has 4 nitrogen and oxygen atoms in total. The summed E-state index contributed by atoms with van der Waals surface area (Å²) in [6, 6.07) is 6.12. The molecule has 1 atom stereocenters. The molecule has 0 bridgehead atoms. The van der Waals surface area contributed by atoms with Crippen LogP contribution in [0.5, 0.6) is 0 Å². The van der Waals surface area contributed by atoms with Gasteiger partial charge in [0.25, 0.3) is 0 Å². The monoisotopic (exact) mass is 335 g/mol. The van der Waals surface area contributed by atoms with Gasteiger partial charge in [0.05, 0.1) is 5.41 Å². The number of aryl methyl sites for hydroxylation is 1. The lowest BCUT2D eigenvalue weighted by atomic mass is 9.84. The number of rotatable bonds is 3. The minimum atomic E-state index is 0.00712. The Balaban J connectivity index is 1.95. The highest BCUT2D eigenvalue weighted by Gasteiger charge is 2.39. The van der Waals surface area contributed by atoms with Crippen LogP contribution in [0.2, 0.25) is 0 Å². The first kappa shape index (κ1) is 13.8. The summed E-state index contributed by atoms with van der Waals surface area (Å²) in [4.78, 5) is 4.64. The zero-order valence-corrected chi connectivity index (χ0v) is 13.3. The molecule has 1 N–H and O–H groups in total. The Morgan fingerprint density at radius 1 is 1.45 bits per heavy atom. The average Bonchev–Trinajstić information content (AvgIpc) is 3.10. The van der Waals surface area contributed by atoms with E-state index in [2.05, 4.69) is 51.3 Å². The molecule has 106 valence electrons. The van der Waals surface area contributed by atoms with Crippen LogP contribution in [0.1, 0.15) is 31.2 Å². The third-order valence-electron chi connectivity index (χ3n) is 4.23. The second-order valence-corrected chi connectivity index (χ2v) is 6.30. The van der Waals surface area contributed by atoms with Gasteiger partial charge >= 0.3 is 0 Å². The van der Waals surface area contributed by atoms with Crippen molar-refractivity contribution in [1.82, 2.24) is 15.5 Å². The molecule has 1 aromatic carbocycles. The van der Waals surface area contributed by atoms with Crippen molar-refractivity contribution in [3.63, 3.8) is 0 Å². The molecular formula is C15H18BrN3O. The lowest BCUT2D eigenvalue weighted by Crippen LogP contribution is -2.28. The van der Waals surface area contributed by atoms with Crippen LogP contribution in [-0.2, 0) is 5.41 Å². The average molecular weight is 336 g/mol. The maximum absolute atomic E-state index is 5.55. The molecule has 2 aromatic rings. The molecule has 2 heterocycles. The number of benzene rings is 1. The number of nitrogens with one attached hydrogen (secondary N) is 1. The topological polar surface area (TPSA) is 51.0 Å². The van der Waals surface area contributed by atoms with E-state index in [1.165, 1.54) is 5.56 Å². The Bertz CT molecular complexity index is 617. The fraction of sp³-hybridized carbons (Fsp3) is 0.467. The predicted molar refractivity (Wildman–Crippen MR) is 81.6 cm³/mol. The number of nitrogens with zero attached hydrogens (tertiary/aromatic N) is 2. The molecule has 1 aliphatic rings. The third-order valence-corrected chi connectivity index (χ3v) is 5.08. The molecule has 0 radical (unpaired) electrons. The van der Waals surface area contributed by atoms with Crippen LogP contribution in [0, 0.1) is 6.92 Å². The van der Waals surface area contributed by atoms with Gasteiger partial charge in [0, 0.05) is 16.6 Å². The summed E-state index contributed by atoms with van der Waals surface area (Å²) in [6.07, 6.45) is 2.07. The first-order chi connectivity index (χ1) is 9.64. The van der Waals surface area contributed by atoms with Gasteiger partial charge in [0.15, 0.2) is 0 Å². The molecule has 1 fully saturated rings. The molecule has 0 saturated carbocycles. The number of hydrogen-bond acceptors (Lipinski definition) is 4. The molecule has 1 aromatic heterocycles. The van der Waals surface area contributed by atoms with Crippen molar-refractivity contribution in [3.8, 4) is 11.4 Å². The number of halogens is 1. The zero-order chi connectivity index (χ0) is 14.2. The molecule has 1 aliphatic heterocycles. The van der Waals surface area contributed by atoms with E-state index in [-0.39, 0.29) is 5.41 Å². The van der Waals surface area contributed by atoms with Crippen molar-refractivity contribution in [2.24, 2.45) is 0 Å². The predicted octanol–water partition coefficient (Wildman–Crippen LogP) is 3.45. The van der Waals surface area contributed by atoms with Crippen LogP contribution >= 0.6 is 15.9 Å². The van der Waals surface area contributed by atoms with Gasteiger partial charge in [-0.2, -0.15) is 4.98 Å². The van der Waals surface area contributed by atoms with Crippen molar-refractivity contribution in [2.45, 2.75) is 32.1 Å². The van der Waals surface area contributed by atoms with Crippen molar-refractivity contribution < 1.29 is 4.52 Å². The third kappa shape index (κ3) is 2.29. The van der Waals surface area contributed by atoms with Gasteiger partial charge in [0.2, 0.25) is 11.7 Å². The van der Waals surface area contributed by atoms with Crippen molar-refractivity contribution >= 4 is 15.9 Å². The first-order valence-corrected chi connectivity index (χ1v) is 7.75. The first-order valence-electron chi connectivity index (χ1n) is 6.96. The van der Waals surface area contributed by atoms with Crippen LogP contribution in [-0.4, -0.2) is 23.2 Å². The Kier molecular flexibility index (Phi) is 3.65. The highest BCUT2D eigenvalue weighted by atomic mass is 79.9. The lowest BCUT2D eigenvalue weighted by molar-refractivity contribution is 0.285. The molecule has 3 rings (SSSR count). The van der Waals surface area contributed by atoms with Gasteiger partial charge in [0.1, 0.15) is 0 Å². The van der Waals surface area contributed by atoms with E-state index in [1.54, 1.807) is 0 Å². The van der Waals surface area contributed by atoms with Crippen LogP contribution in [0.25, 0.3) is 11.4 Å². The molecular weight excluding hydrogens is 318 g/mol. The summed E-state index contributed by atoms with van der Waals surface area (Å²) in [5.41, 5.74) is 2.19. The quantitative estimate of drug-likeness (QED) is 0.933. The van der Waals surface area contributed by atoms with Crippen LogP contribution in [0.3, 0.4) is 0 Å². The molecule has 5 heteroatoms. The van der Waals surface area contributed by atoms with Crippen LogP contribution < -0.4 is 5.32 Å². The van der Waals surface area contributed by atoms with E-state index in [4.69, 9.17) is 4.52 Å².